The normalized spacial score (nSPS) is 12.7. The molecule has 0 saturated heterocycles. The van der Waals surface area contributed by atoms with Gasteiger partial charge in [0.2, 0.25) is 0 Å². The van der Waals surface area contributed by atoms with Crippen molar-refractivity contribution in [1.29, 1.82) is 0 Å². The van der Waals surface area contributed by atoms with Crippen molar-refractivity contribution in [2.24, 2.45) is 0 Å². The molecule has 0 aliphatic rings. The number of H-pyrrole nitrogens is 1. The van der Waals surface area contributed by atoms with E-state index < -0.39 is 6.10 Å². The lowest BCUT2D eigenvalue weighted by molar-refractivity contribution is 0.210. The van der Waals surface area contributed by atoms with Crippen molar-refractivity contribution < 1.29 is 5.11 Å². The second-order valence-electron chi connectivity index (χ2n) is 2.66. The molecule has 0 aliphatic carbocycles. The molecular weight excluding hydrogens is 166 g/mol. The largest absolute Gasteiger partial charge is 0.380 e. The lowest BCUT2D eigenvalue weighted by atomic mass is 10.2. The molecule has 2 heterocycles. The Kier molecular flexibility index (Phi) is 2.06. The molecule has 0 radical (unpaired) electrons. The fourth-order valence-electron chi connectivity index (χ4n) is 1.13. The van der Waals surface area contributed by atoms with Gasteiger partial charge in [-0.25, -0.2) is 0 Å². The predicted octanol–water partition coefficient (Wildman–Crippen LogP) is 0.886. The summed E-state index contributed by atoms with van der Waals surface area (Å²) in [5.41, 5.74) is 1.27. The third-order valence-corrected chi connectivity index (χ3v) is 1.78. The molecule has 0 aromatic carbocycles. The third-order valence-electron chi connectivity index (χ3n) is 1.78. The molecule has 2 N–H and O–H groups in total. The highest BCUT2D eigenvalue weighted by Crippen LogP contribution is 2.16. The quantitative estimate of drug-likeness (QED) is 0.712. The van der Waals surface area contributed by atoms with Crippen LogP contribution in [-0.2, 0) is 0 Å². The number of hydrogen-bond acceptors (Lipinski definition) is 3. The van der Waals surface area contributed by atoms with Crippen LogP contribution < -0.4 is 0 Å². The molecule has 0 fully saturated rings. The SMILES string of the molecule is OC(c1cnccn1)c1ccc[nH]1. The maximum absolute atomic E-state index is 9.75. The van der Waals surface area contributed by atoms with Crippen LogP contribution in [0.15, 0.2) is 36.9 Å². The van der Waals surface area contributed by atoms with Crippen LogP contribution in [0.2, 0.25) is 0 Å². The Morgan fingerprint density at radius 2 is 2.31 bits per heavy atom. The molecule has 4 heteroatoms. The van der Waals surface area contributed by atoms with Crippen molar-refractivity contribution in [3.63, 3.8) is 0 Å². The van der Waals surface area contributed by atoms with E-state index in [2.05, 4.69) is 15.0 Å². The summed E-state index contributed by atoms with van der Waals surface area (Å²) in [6.45, 7) is 0. The van der Waals surface area contributed by atoms with Crippen molar-refractivity contribution >= 4 is 0 Å². The topological polar surface area (TPSA) is 61.8 Å². The smallest absolute Gasteiger partial charge is 0.137 e. The molecule has 0 saturated carbocycles. The summed E-state index contributed by atoms with van der Waals surface area (Å²) in [4.78, 5) is 10.8. The summed E-state index contributed by atoms with van der Waals surface area (Å²) in [7, 11) is 0. The van der Waals surface area contributed by atoms with Crippen LogP contribution in [0.1, 0.15) is 17.5 Å². The molecule has 66 valence electrons. The number of nitrogens with one attached hydrogen (secondary N) is 1. The molecule has 2 aromatic heterocycles. The number of aromatic amines is 1. The molecule has 2 aromatic rings. The minimum absolute atomic E-state index is 0.546. The Balaban J connectivity index is 2.29. The minimum atomic E-state index is -0.719. The zero-order valence-corrected chi connectivity index (χ0v) is 6.88. The highest BCUT2D eigenvalue weighted by molar-refractivity contribution is 5.17. The van der Waals surface area contributed by atoms with E-state index in [1.54, 1.807) is 30.9 Å². The van der Waals surface area contributed by atoms with E-state index in [4.69, 9.17) is 0 Å². The zero-order chi connectivity index (χ0) is 9.10. The molecule has 4 nitrogen and oxygen atoms in total. The highest BCUT2D eigenvalue weighted by Gasteiger charge is 2.11. The fourth-order valence-corrected chi connectivity index (χ4v) is 1.13. The summed E-state index contributed by atoms with van der Waals surface area (Å²) in [5.74, 6) is 0. The zero-order valence-electron chi connectivity index (χ0n) is 6.88. The first kappa shape index (κ1) is 7.94. The standard InChI is InChI=1S/C9H9N3O/c13-9(7-2-1-3-11-7)8-6-10-4-5-12-8/h1-6,9,11,13H. The summed E-state index contributed by atoms with van der Waals surface area (Å²) in [6, 6.07) is 3.63. The van der Waals surface area contributed by atoms with Gasteiger partial charge in [0.1, 0.15) is 6.10 Å². The van der Waals surface area contributed by atoms with Crippen LogP contribution in [0, 0.1) is 0 Å². The number of rotatable bonds is 2. The second kappa shape index (κ2) is 3.37. The Morgan fingerprint density at radius 3 is 2.92 bits per heavy atom. The van der Waals surface area contributed by atoms with Crippen molar-refractivity contribution in [2.75, 3.05) is 0 Å². The number of aromatic nitrogens is 3. The summed E-state index contributed by atoms with van der Waals surface area (Å²) in [6.07, 6.45) is 5.72. The second-order valence-corrected chi connectivity index (χ2v) is 2.66. The molecule has 1 atom stereocenters. The van der Waals surface area contributed by atoms with Crippen molar-refractivity contribution in [2.45, 2.75) is 6.10 Å². The van der Waals surface area contributed by atoms with Gasteiger partial charge in [0.05, 0.1) is 17.6 Å². The van der Waals surface area contributed by atoms with Crippen molar-refractivity contribution in [1.82, 2.24) is 15.0 Å². The fraction of sp³-hybridized carbons (Fsp3) is 0.111. The van der Waals surface area contributed by atoms with E-state index in [0.717, 1.165) is 5.69 Å². The Bertz CT molecular complexity index is 358. The van der Waals surface area contributed by atoms with Crippen LogP contribution in [0.5, 0.6) is 0 Å². The van der Waals surface area contributed by atoms with Crippen LogP contribution in [-0.4, -0.2) is 20.1 Å². The lowest BCUT2D eigenvalue weighted by Crippen LogP contribution is -2.02. The van der Waals surface area contributed by atoms with Gasteiger partial charge < -0.3 is 10.1 Å². The van der Waals surface area contributed by atoms with E-state index in [1.165, 1.54) is 0 Å². The molecule has 1 unspecified atom stereocenters. The maximum Gasteiger partial charge on any atom is 0.137 e. The van der Waals surface area contributed by atoms with Gasteiger partial charge in [0.25, 0.3) is 0 Å². The number of aliphatic hydroxyl groups is 1. The van der Waals surface area contributed by atoms with Crippen molar-refractivity contribution in [3.05, 3.63) is 48.3 Å². The average Bonchev–Trinajstić information content (AvgIpc) is 2.71. The van der Waals surface area contributed by atoms with E-state index in [-0.39, 0.29) is 0 Å². The third kappa shape index (κ3) is 1.57. The molecule has 0 spiro atoms. The molecule has 0 amide bonds. The van der Waals surface area contributed by atoms with Gasteiger partial charge in [-0.2, -0.15) is 0 Å². The van der Waals surface area contributed by atoms with Gasteiger partial charge in [-0.15, -0.1) is 0 Å². The average molecular weight is 175 g/mol. The molecule has 2 rings (SSSR count). The van der Waals surface area contributed by atoms with Gasteiger partial charge in [0.15, 0.2) is 0 Å². The maximum atomic E-state index is 9.75. The van der Waals surface area contributed by atoms with E-state index >= 15 is 0 Å². The van der Waals surface area contributed by atoms with Gasteiger partial charge in [-0.05, 0) is 12.1 Å². The first-order valence-corrected chi connectivity index (χ1v) is 3.95. The van der Waals surface area contributed by atoms with Crippen LogP contribution in [0.25, 0.3) is 0 Å². The predicted molar refractivity (Wildman–Crippen MR) is 46.9 cm³/mol. The Morgan fingerprint density at radius 1 is 1.38 bits per heavy atom. The summed E-state index contributed by atoms with van der Waals surface area (Å²) in [5, 5.41) is 9.75. The van der Waals surface area contributed by atoms with Gasteiger partial charge >= 0.3 is 0 Å². The molecule has 0 bridgehead atoms. The number of nitrogens with zero attached hydrogens (tertiary/aromatic N) is 2. The number of hydrogen-bond donors (Lipinski definition) is 2. The minimum Gasteiger partial charge on any atom is -0.380 e. The first-order valence-electron chi connectivity index (χ1n) is 3.95. The molecule has 0 aliphatic heterocycles. The van der Waals surface area contributed by atoms with Crippen LogP contribution >= 0.6 is 0 Å². The lowest BCUT2D eigenvalue weighted by Gasteiger charge is -2.06. The van der Waals surface area contributed by atoms with E-state index in [0.29, 0.717) is 5.69 Å². The van der Waals surface area contributed by atoms with Gasteiger partial charge in [-0.3, -0.25) is 9.97 Å². The van der Waals surface area contributed by atoms with E-state index in [9.17, 15) is 5.11 Å². The summed E-state index contributed by atoms with van der Waals surface area (Å²) >= 11 is 0. The van der Waals surface area contributed by atoms with Crippen molar-refractivity contribution in [3.8, 4) is 0 Å². The number of aliphatic hydroxyl groups excluding tert-OH is 1. The van der Waals surface area contributed by atoms with Crippen LogP contribution in [0.3, 0.4) is 0 Å². The highest BCUT2D eigenvalue weighted by atomic mass is 16.3. The molecule has 13 heavy (non-hydrogen) atoms. The monoisotopic (exact) mass is 175 g/mol. The van der Waals surface area contributed by atoms with Gasteiger partial charge in [-0.1, -0.05) is 0 Å². The Labute approximate surface area is 75.3 Å². The Hall–Kier alpha value is -1.68. The van der Waals surface area contributed by atoms with Gasteiger partial charge in [0, 0.05) is 18.6 Å². The molecular formula is C9H9N3O. The van der Waals surface area contributed by atoms with Crippen LogP contribution in [0.4, 0.5) is 0 Å². The summed E-state index contributed by atoms with van der Waals surface area (Å²) < 4.78 is 0. The first-order chi connectivity index (χ1) is 6.38. The van der Waals surface area contributed by atoms with E-state index in [1.807, 2.05) is 6.07 Å².